The van der Waals surface area contributed by atoms with Crippen molar-refractivity contribution >= 4 is 27.3 Å². The first-order valence-corrected chi connectivity index (χ1v) is 8.79. The summed E-state index contributed by atoms with van der Waals surface area (Å²) in [6.45, 7) is 0.994. The Hall–Kier alpha value is -1.53. The van der Waals surface area contributed by atoms with E-state index in [0.717, 1.165) is 24.1 Å². The molecule has 1 aromatic carbocycles. The first kappa shape index (κ1) is 14.4. The highest BCUT2D eigenvalue weighted by atomic mass is 35.5. The van der Waals surface area contributed by atoms with Gasteiger partial charge in [0, 0.05) is 18.6 Å². The van der Waals surface area contributed by atoms with Crippen LogP contribution in [0.3, 0.4) is 0 Å². The summed E-state index contributed by atoms with van der Waals surface area (Å²) in [6.07, 6.45) is 4.66. The van der Waals surface area contributed by atoms with Crippen molar-refractivity contribution in [2.75, 3.05) is 16.7 Å². The quantitative estimate of drug-likeness (QED) is 0.810. The number of sulfonamides is 1. The van der Waals surface area contributed by atoms with Crippen LogP contribution in [0.15, 0.2) is 41.6 Å². The number of hydrogen-bond donors (Lipinski definition) is 0. The van der Waals surface area contributed by atoms with Gasteiger partial charge in [-0.1, -0.05) is 18.2 Å². The van der Waals surface area contributed by atoms with Gasteiger partial charge in [-0.15, -0.1) is 11.6 Å². The van der Waals surface area contributed by atoms with Gasteiger partial charge in [0.2, 0.25) is 0 Å². The molecule has 0 radical (unpaired) electrons. The van der Waals surface area contributed by atoms with E-state index in [0.29, 0.717) is 19.0 Å². The normalized spacial score (nSPS) is 15.0. The molecular formula is C14H16ClN3O2S. The number of fused-ring (bicyclic) bond motifs is 1. The second-order valence-electron chi connectivity index (χ2n) is 4.94. The fraction of sp³-hybridized carbons (Fsp3) is 0.357. The Morgan fingerprint density at radius 2 is 2.10 bits per heavy atom. The minimum Gasteiger partial charge on any atom is -0.270 e. The Balaban J connectivity index is 1.99. The first-order valence-electron chi connectivity index (χ1n) is 6.82. The molecule has 112 valence electrons. The number of para-hydroxylation sites is 1. The Morgan fingerprint density at radius 1 is 1.29 bits per heavy atom. The fourth-order valence-electron chi connectivity index (χ4n) is 2.56. The number of aromatic nitrogens is 2. The van der Waals surface area contributed by atoms with Gasteiger partial charge in [-0.25, -0.2) is 8.42 Å². The highest BCUT2D eigenvalue weighted by molar-refractivity contribution is 7.92. The number of hydrogen-bond acceptors (Lipinski definition) is 3. The van der Waals surface area contributed by atoms with Crippen LogP contribution in [0.2, 0.25) is 0 Å². The maximum atomic E-state index is 12.8. The number of benzene rings is 1. The van der Waals surface area contributed by atoms with Crippen molar-refractivity contribution in [3.8, 4) is 0 Å². The summed E-state index contributed by atoms with van der Waals surface area (Å²) >= 11 is 5.65. The average Bonchev–Trinajstić information content (AvgIpc) is 2.96. The fourth-order valence-corrected chi connectivity index (χ4v) is 4.23. The van der Waals surface area contributed by atoms with Crippen LogP contribution >= 0.6 is 11.6 Å². The van der Waals surface area contributed by atoms with E-state index in [9.17, 15) is 8.42 Å². The maximum absolute atomic E-state index is 12.8. The van der Waals surface area contributed by atoms with Crippen LogP contribution in [-0.2, 0) is 23.0 Å². The highest BCUT2D eigenvalue weighted by Gasteiger charge is 2.29. The summed E-state index contributed by atoms with van der Waals surface area (Å²) in [6, 6.07) is 7.64. The third-order valence-electron chi connectivity index (χ3n) is 3.58. The molecule has 21 heavy (non-hydrogen) atoms. The van der Waals surface area contributed by atoms with Crippen LogP contribution in [0.1, 0.15) is 12.0 Å². The Morgan fingerprint density at radius 3 is 2.90 bits per heavy atom. The van der Waals surface area contributed by atoms with Crippen LogP contribution in [-0.4, -0.2) is 30.6 Å². The molecule has 1 aromatic heterocycles. The second kappa shape index (κ2) is 5.69. The molecule has 0 saturated heterocycles. The van der Waals surface area contributed by atoms with E-state index in [2.05, 4.69) is 5.10 Å². The lowest BCUT2D eigenvalue weighted by molar-refractivity contribution is 0.586. The van der Waals surface area contributed by atoms with Crippen LogP contribution in [0, 0.1) is 0 Å². The van der Waals surface area contributed by atoms with Crippen molar-refractivity contribution in [1.82, 2.24) is 9.78 Å². The summed E-state index contributed by atoms with van der Waals surface area (Å²) in [5.41, 5.74) is 1.84. The molecule has 0 N–H and O–H groups in total. The van der Waals surface area contributed by atoms with Crippen LogP contribution in [0.4, 0.5) is 5.69 Å². The number of rotatable bonds is 4. The number of nitrogens with zero attached hydrogens (tertiary/aromatic N) is 3. The van der Waals surface area contributed by atoms with Crippen LogP contribution in [0.25, 0.3) is 0 Å². The summed E-state index contributed by atoms with van der Waals surface area (Å²) in [4.78, 5) is 0.212. The number of anilines is 1. The molecule has 0 amide bonds. The van der Waals surface area contributed by atoms with Gasteiger partial charge in [0.1, 0.15) is 4.90 Å². The summed E-state index contributed by atoms with van der Waals surface area (Å²) in [7, 11) is -3.57. The molecule has 3 rings (SSSR count). The standard InChI is InChI=1S/C14H16ClN3O2S/c15-7-9-17-11-13(10-16-17)21(19,20)18-8-3-5-12-4-1-2-6-14(12)18/h1-2,4,6,10-11H,3,5,7-9H2. The molecule has 0 fully saturated rings. The molecule has 1 aliphatic rings. The van der Waals surface area contributed by atoms with Crippen molar-refractivity contribution in [2.24, 2.45) is 0 Å². The van der Waals surface area contributed by atoms with E-state index in [1.807, 2.05) is 24.3 Å². The van der Waals surface area contributed by atoms with Gasteiger partial charge < -0.3 is 0 Å². The van der Waals surface area contributed by atoms with Crippen LogP contribution in [0.5, 0.6) is 0 Å². The van der Waals surface area contributed by atoms with E-state index in [1.54, 1.807) is 4.68 Å². The third-order valence-corrected chi connectivity index (χ3v) is 5.51. The zero-order valence-electron chi connectivity index (χ0n) is 11.4. The largest absolute Gasteiger partial charge is 0.270 e. The van der Waals surface area contributed by atoms with Gasteiger partial charge >= 0.3 is 0 Å². The Bertz CT molecular complexity index is 742. The van der Waals surface area contributed by atoms with E-state index < -0.39 is 10.0 Å². The highest BCUT2D eigenvalue weighted by Crippen LogP contribution is 2.31. The van der Waals surface area contributed by atoms with E-state index >= 15 is 0 Å². The SMILES string of the molecule is O=S(=O)(c1cnn(CCCl)c1)N1CCCc2ccccc21. The topological polar surface area (TPSA) is 55.2 Å². The number of halogens is 1. The maximum Gasteiger partial charge on any atom is 0.267 e. The Labute approximate surface area is 129 Å². The Kier molecular flexibility index (Phi) is 3.91. The van der Waals surface area contributed by atoms with Gasteiger partial charge in [0.25, 0.3) is 10.0 Å². The lowest BCUT2D eigenvalue weighted by Gasteiger charge is -2.29. The van der Waals surface area contributed by atoms with Crippen molar-refractivity contribution in [3.63, 3.8) is 0 Å². The summed E-state index contributed by atoms with van der Waals surface area (Å²) < 4.78 is 28.6. The molecule has 0 atom stereocenters. The summed E-state index contributed by atoms with van der Waals surface area (Å²) in [5.74, 6) is 0.397. The lowest BCUT2D eigenvalue weighted by atomic mass is 10.0. The zero-order valence-corrected chi connectivity index (χ0v) is 13.0. The lowest BCUT2D eigenvalue weighted by Crippen LogP contribution is -2.35. The van der Waals surface area contributed by atoms with Crippen molar-refractivity contribution in [3.05, 3.63) is 42.2 Å². The number of alkyl halides is 1. The zero-order chi connectivity index (χ0) is 14.9. The molecule has 2 aromatic rings. The molecule has 0 spiro atoms. The molecule has 0 aliphatic carbocycles. The van der Waals surface area contributed by atoms with Crippen molar-refractivity contribution in [2.45, 2.75) is 24.3 Å². The smallest absolute Gasteiger partial charge is 0.267 e. The van der Waals surface area contributed by atoms with Gasteiger partial charge in [0.05, 0.1) is 18.4 Å². The second-order valence-corrected chi connectivity index (χ2v) is 7.18. The average molecular weight is 326 g/mol. The molecule has 1 aliphatic heterocycles. The minimum absolute atomic E-state index is 0.212. The van der Waals surface area contributed by atoms with Crippen LogP contribution < -0.4 is 4.31 Å². The molecule has 7 heteroatoms. The van der Waals surface area contributed by atoms with Gasteiger partial charge in [-0.3, -0.25) is 8.99 Å². The van der Waals surface area contributed by atoms with E-state index in [4.69, 9.17) is 11.6 Å². The minimum atomic E-state index is -3.57. The molecule has 0 unspecified atom stereocenters. The predicted octanol–water partition coefficient (Wildman–Crippen LogP) is 2.26. The third kappa shape index (κ3) is 2.65. The van der Waals surface area contributed by atoms with Crippen molar-refractivity contribution in [1.29, 1.82) is 0 Å². The molecule has 0 saturated carbocycles. The molecule has 2 heterocycles. The van der Waals surface area contributed by atoms with E-state index in [1.165, 1.54) is 16.7 Å². The first-order chi connectivity index (χ1) is 10.1. The molecular weight excluding hydrogens is 310 g/mol. The monoisotopic (exact) mass is 325 g/mol. The van der Waals surface area contributed by atoms with E-state index in [-0.39, 0.29) is 4.90 Å². The molecule has 5 nitrogen and oxygen atoms in total. The van der Waals surface area contributed by atoms with Crippen molar-refractivity contribution < 1.29 is 8.42 Å². The predicted molar refractivity (Wildman–Crippen MR) is 82.2 cm³/mol. The summed E-state index contributed by atoms with van der Waals surface area (Å²) in [5, 5.41) is 4.05. The molecule has 0 bridgehead atoms. The van der Waals surface area contributed by atoms with Gasteiger partial charge in [0.15, 0.2) is 0 Å². The number of aryl methyl sites for hydroxylation is 2. The van der Waals surface area contributed by atoms with Gasteiger partial charge in [-0.05, 0) is 24.5 Å². The van der Waals surface area contributed by atoms with Gasteiger partial charge in [-0.2, -0.15) is 5.10 Å².